The summed E-state index contributed by atoms with van der Waals surface area (Å²) in [5.74, 6) is -3.15. The fraction of sp³-hybridized carbons (Fsp3) is 0.500. The molecule has 0 bridgehead atoms. The average Bonchev–Trinajstić information content (AvgIpc) is 2.66. The molecule has 1 aromatic rings. The number of benzene rings is 1. The maximum absolute atomic E-state index is 13.1. The van der Waals surface area contributed by atoms with E-state index in [0.29, 0.717) is 6.42 Å². The molecular formula is C22H29N3O5. The predicted molar refractivity (Wildman–Crippen MR) is 110 cm³/mol. The lowest BCUT2D eigenvalue weighted by atomic mass is 9.87. The smallest absolute Gasteiger partial charge is 0.243 e. The minimum absolute atomic E-state index is 0.0794. The number of imide groups is 1. The molecule has 8 heteroatoms. The van der Waals surface area contributed by atoms with Gasteiger partial charge in [-0.25, -0.2) is 0 Å². The second kappa shape index (κ2) is 10.7. The molecule has 0 radical (unpaired) electrons. The Hall–Kier alpha value is -3.03. The van der Waals surface area contributed by atoms with Gasteiger partial charge in [0.05, 0.1) is 12.0 Å². The molecule has 8 nitrogen and oxygen atoms in total. The van der Waals surface area contributed by atoms with Gasteiger partial charge in [-0.2, -0.15) is 0 Å². The van der Waals surface area contributed by atoms with Gasteiger partial charge in [0.25, 0.3) is 0 Å². The molecule has 3 atom stereocenters. The summed E-state index contributed by atoms with van der Waals surface area (Å²) in [4.78, 5) is 61.2. The summed E-state index contributed by atoms with van der Waals surface area (Å²) in [5.41, 5.74) is 0.823. The Balaban J connectivity index is 2.22. The van der Waals surface area contributed by atoms with Crippen LogP contribution in [0.25, 0.3) is 0 Å². The van der Waals surface area contributed by atoms with Gasteiger partial charge in [0.1, 0.15) is 6.04 Å². The van der Waals surface area contributed by atoms with E-state index < -0.39 is 41.5 Å². The second-order valence-electron chi connectivity index (χ2n) is 8.04. The van der Waals surface area contributed by atoms with Crippen LogP contribution in [0.3, 0.4) is 0 Å². The maximum Gasteiger partial charge on any atom is 0.243 e. The van der Waals surface area contributed by atoms with Crippen molar-refractivity contribution in [3.05, 3.63) is 35.9 Å². The van der Waals surface area contributed by atoms with Crippen molar-refractivity contribution in [2.75, 3.05) is 0 Å². The van der Waals surface area contributed by atoms with E-state index in [1.54, 1.807) is 0 Å². The van der Waals surface area contributed by atoms with E-state index in [9.17, 15) is 24.0 Å². The first-order valence-corrected chi connectivity index (χ1v) is 10.2. The largest absolute Gasteiger partial charge is 0.345 e. The molecule has 0 aliphatic carbocycles. The summed E-state index contributed by atoms with van der Waals surface area (Å²) in [5, 5.41) is 7.55. The fourth-order valence-corrected chi connectivity index (χ4v) is 3.50. The molecule has 4 amide bonds. The zero-order valence-corrected chi connectivity index (χ0v) is 17.6. The van der Waals surface area contributed by atoms with Crippen molar-refractivity contribution >= 4 is 29.4 Å². The number of amides is 4. The number of ketones is 1. The molecule has 30 heavy (non-hydrogen) atoms. The van der Waals surface area contributed by atoms with Crippen LogP contribution in [0, 0.1) is 11.8 Å². The molecule has 162 valence electrons. The number of carbonyl (C=O) groups excluding carboxylic acids is 5. The summed E-state index contributed by atoms with van der Waals surface area (Å²) in [6.45, 7) is 5.19. The molecule has 1 aromatic carbocycles. The van der Waals surface area contributed by atoms with Gasteiger partial charge in [0.2, 0.25) is 23.6 Å². The lowest BCUT2D eigenvalue weighted by Gasteiger charge is -2.27. The van der Waals surface area contributed by atoms with Crippen LogP contribution in [-0.4, -0.2) is 41.5 Å². The van der Waals surface area contributed by atoms with Crippen molar-refractivity contribution < 1.29 is 24.0 Å². The van der Waals surface area contributed by atoms with E-state index in [1.807, 2.05) is 44.2 Å². The van der Waals surface area contributed by atoms with Gasteiger partial charge in [-0.15, -0.1) is 0 Å². The van der Waals surface area contributed by atoms with Crippen LogP contribution >= 0.6 is 0 Å². The number of Topliss-reactive ketones (excluding diaryl/α,β-unsaturated/α-hetero) is 1. The SMILES string of the molecule is CC(=O)N[C@@H](CC(C)C)C(=O)N[C@@H](Cc1ccccc1)C(=O)C1CCC(=O)NC1=O. The van der Waals surface area contributed by atoms with E-state index in [1.165, 1.54) is 6.92 Å². The summed E-state index contributed by atoms with van der Waals surface area (Å²) < 4.78 is 0. The monoisotopic (exact) mass is 415 g/mol. The molecule has 1 aliphatic rings. The molecule has 1 heterocycles. The molecule has 2 rings (SSSR count). The molecule has 1 fully saturated rings. The van der Waals surface area contributed by atoms with E-state index in [-0.39, 0.29) is 31.1 Å². The van der Waals surface area contributed by atoms with Gasteiger partial charge < -0.3 is 10.6 Å². The van der Waals surface area contributed by atoms with Gasteiger partial charge in [-0.3, -0.25) is 29.3 Å². The summed E-state index contributed by atoms with van der Waals surface area (Å²) in [7, 11) is 0. The number of piperidine rings is 1. The minimum atomic E-state index is -0.999. The Morgan fingerprint density at radius 2 is 1.73 bits per heavy atom. The van der Waals surface area contributed by atoms with Crippen molar-refractivity contribution in [3.8, 4) is 0 Å². The standard InChI is InChI=1S/C22H29N3O5/c1-13(2)11-18(23-14(3)26)22(30)24-17(12-15-7-5-4-6-8-15)20(28)16-9-10-19(27)25-21(16)29/h4-8,13,16-18H,9-12H2,1-3H3,(H,23,26)(H,24,30)(H,25,27,29)/t16?,17-,18-/m0/s1. The molecule has 0 saturated carbocycles. The average molecular weight is 415 g/mol. The highest BCUT2D eigenvalue weighted by Crippen LogP contribution is 2.18. The van der Waals surface area contributed by atoms with Gasteiger partial charge in [-0.05, 0) is 30.7 Å². The van der Waals surface area contributed by atoms with Crippen LogP contribution in [0.5, 0.6) is 0 Å². The molecule has 1 saturated heterocycles. The van der Waals surface area contributed by atoms with Gasteiger partial charge in [-0.1, -0.05) is 44.2 Å². The predicted octanol–water partition coefficient (Wildman–Crippen LogP) is 0.887. The molecule has 0 spiro atoms. The first-order chi connectivity index (χ1) is 14.2. The van der Waals surface area contributed by atoms with Crippen molar-refractivity contribution in [2.24, 2.45) is 11.8 Å². The number of nitrogens with one attached hydrogen (secondary N) is 3. The van der Waals surface area contributed by atoms with Crippen LogP contribution in [0.1, 0.15) is 45.6 Å². The van der Waals surface area contributed by atoms with Gasteiger partial charge >= 0.3 is 0 Å². The maximum atomic E-state index is 13.1. The van der Waals surface area contributed by atoms with E-state index in [2.05, 4.69) is 16.0 Å². The van der Waals surface area contributed by atoms with Crippen LogP contribution in [0.2, 0.25) is 0 Å². The van der Waals surface area contributed by atoms with Crippen molar-refractivity contribution in [1.82, 2.24) is 16.0 Å². The lowest BCUT2D eigenvalue weighted by Crippen LogP contribution is -2.55. The van der Waals surface area contributed by atoms with Gasteiger partial charge in [0, 0.05) is 13.3 Å². The Kier molecular flexibility index (Phi) is 8.26. The number of hydrogen-bond donors (Lipinski definition) is 3. The summed E-state index contributed by atoms with van der Waals surface area (Å²) >= 11 is 0. The van der Waals surface area contributed by atoms with Crippen molar-refractivity contribution in [3.63, 3.8) is 0 Å². The Morgan fingerprint density at radius 1 is 1.07 bits per heavy atom. The highest BCUT2D eigenvalue weighted by molar-refractivity contribution is 6.11. The summed E-state index contributed by atoms with van der Waals surface area (Å²) in [6, 6.07) is 7.41. The minimum Gasteiger partial charge on any atom is -0.345 e. The van der Waals surface area contributed by atoms with E-state index in [4.69, 9.17) is 0 Å². The quantitative estimate of drug-likeness (QED) is 0.408. The summed E-state index contributed by atoms with van der Waals surface area (Å²) in [6.07, 6.45) is 0.815. The highest BCUT2D eigenvalue weighted by Gasteiger charge is 2.37. The highest BCUT2D eigenvalue weighted by atomic mass is 16.2. The number of carbonyl (C=O) groups is 5. The first-order valence-electron chi connectivity index (χ1n) is 10.2. The molecule has 1 aliphatic heterocycles. The Morgan fingerprint density at radius 3 is 2.30 bits per heavy atom. The van der Waals surface area contributed by atoms with Crippen LogP contribution in [0.4, 0.5) is 0 Å². The van der Waals surface area contributed by atoms with E-state index >= 15 is 0 Å². The normalized spacial score (nSPS) is 18.3. The zero-order chi connectivity index (χ0) is 22.3. The van der Waals surface area contributed by atoms with Crippen LogP contribution < -0.4 is 16.0 Å². The molecule has 1 unspecified atom stereocenters. The lowest BCUT2D eigenvalue weighted by molar-refractivity contribution is -0.142. The third-order valence-electron chi connectivity index (χ3n) is 4.93. The molecule has 0 aromatic heterocycles. The topological polar surface area (TPSA) is 121 Å². The van der Waals surface area contributed by atoms with E-state index in [0.717, 1.165) is 5.56 Å². The Bertz CT molecular complexity index is 806. The van der Waals surface area contributed by atoms with Gasteiger partial charge in [0.15, 0.2) is 5.78 Å². The number of rotatable bonds is 9. The van der Waals surface area contributed by atoms with Crippen LogP contribution in [0.15, 0.2) is 30.3 Å². The third kappa shape index (κ3) is 6.79. The number of hydrogen-bond acceptors (Lipinski definition) is 5. The fourth-order valence-electron chi connectivity index (χ4n) is 3.50. The Labute approximate surface area is 176 Å². The second-order valence-corrected chi connectivity index (χ2v) is 8.04. The zero-order valence-electron chi connectivity index (χ0n) is 17.6. The molecular weight excluding hydrogens is 386 g/mol. The first kappa shape index (κ1) is 23.3. The van der Waals surface area contributed by atoms with Crippen molar-refractivity contribution in [2.45, 2.75) is 58.5 Å². The molecule has 3 N–H and O–H groups in total. The van der Waals surface area contributed by atoms with Crippen LogP contribution in [-0.2, 0) is 30.4 Å². The van der Waals surface area contributed by atoms with Crippen molar-refractivity contribution in [1.29, 1.82) is 0 Å². The third-order valence-corrected chi connectivity index (χ3v) is 4.93.